The van der Waals surface area contributed by atoms with E-state index in [2.05, 4.69) is 15.3 Å². The minimum absolute atomic E-state index is 0.0608. The van der Waals surface area contributed by atoms with Crippen molar-refractivity contribution in [2.45, 2.75) is 12.8 Å². The van der Waals surface area contributed by atoms with E-state index in [1.54, 1.807) is 6.20 Å². The normalized spacial score (nSPS) is 10.9. The molecule has 0 radical (unpaired) electrons. The molecule has 124 valence electrons. The van der Waals surface area contributed by atoms with Crippen molar-refractivity contribution in [3.05, 3.63) is 72.9 Å². The molecule has 5 heteroatoms. The van der Waals surface area contributed by atoms with Gasteiger partial charge in [-0.05, 0) is 24.3 Å². The van der Waals surface area contributed by atoms with Gasteiger partial charge in [0.2, 0.25) is 5.91 Å². The number of hydrogen-bond acceptors (Lipinski definition) is 3. The van der Waals surface area contributed by atoms with Gasteiger partial charge in [-0.2, -0.15) is 0 Å². The number of rotatable bonds is 5. The maximum Gasteiger partial charge on any atom is 0.224 e. The number of nitrogens with one attached hydrogen (secondary N) is 2. The smallest absolute Gasteiger partial charge is 0.224 e. The lowest BCUT2D eigenvalue weighted by Gasteiger charge is -2.04. The molecule has 0 unspecified atom stereocenters. The lowest BCUT2D eigenvalue weighted by Crippen LogP contribution is -2.12. The van der Waals surface area contributed by atoms with Gasteiger partial charge >= 0.3 is 0 Å². The monoisotopic (exact) mass is 331 g/mol. The first-order chi connectivity index (χ1) is 12.3. The molecule has 4 rings (SSSR count). The summed E-state index contributed by atoms with van der Waals surface area (Å²) in [6.45, 7) is 0. The number of aryl methyl sites for hydroxylation is 1. The van der Waals surface area contributed by atoms with Crippen LogP contribution >= 0.6 is 0 Å². The minimum atomic E-state index is -0.0608. The molecule has 2 heterocycles. The third-order valence-electron chi connectivity index (χ3n) is 4.01. The van der Waals surface area contributed by atoms with Crippen molar-refractivity contribution in [3.63, 3.8) is 0 Å². The topological polar surface area (TPSA) is 70.9 Å². The number of aromatic nitrogens is 2. The Morgan fingerprint density at radius 1 is 1.12 bits per heavy atom. The first kappa shape index (κ1) is 15.2. The summed E-state index contributed by atoms with van der Waals surface area (Å²) in [4.78, 5) is 19.5. The fourth-order valence-electron chi connectivity index (χ4n) is 2.74. The predicted octanol–water partition coefficient (Wildman–Crippen LogP) is 4.39. The lowest BCUT2D eigenvalue weighted by molar-refractivity contribution is -0.116. The van der Waals surface area contributed by atoms with E-state index in [1.165, 1.54) is 0 Å². The van der Waals surface area contributed by atoms with E-state index < -0.39 is 0 Å². The van der Waals surface area contributed by atoms with Gasteiger partial charge in [-0.25, -0.2) is 4.98 Å². The summed E-state index contributed by atoms with van der Waals surface area (Å²) < 4.78 is 5.72. The molecule has 0 saturated heterocycles. The zero-order valence-electron chi connectivity index (χ0n) is 13.5. The van der Waals surface area contributed by atoms with Gasteiger partial charge < -0.3 is 14.7 Å². The van der Waals surface area contributed by atoms with Gasteiger partial charge in [-0.3, -0.25) is 4.79 Å². The number of aromatic amines is 1. The number of nitrogens with zero attached hydrogens (tertiary/aromatic N) is 1. The second kappa shape index (κ2) is 6.65. The van der Waals surface area contributed by atoms with Crippen LogP contribution in [0.5, 0.6) is 0 Å². The molecule has 0 aliphatic carbocycles. The summed E-state index contributed by atoms with van der Waals surface area (Å²) in [7, 11) is 0. The Morgan fingerprint density at radius 2 is 2.00 bits per heavy atom. The molecule has 0 saturated carbocycles. The molecular weight excluding hydrogens is 314 g/mol. The predicted molar refractivity (Wildman–Crippen MR) is 97.2 cm³/mol. The second-order valence-corrected chi connectivity index (χ2v) is 5.81. The van der Waals surface area contributed by atoms with E-state index in [4.69, 9.17) is 4.42 Å². The third kappa shape index (κ3) is 3.45. The number of carbonyl (C=O) groups excluding carboxylic acids is 1. The molecule has 0 fully saturated rings. The van der Waals surface area contributed by atoms with Crippen LogP contribution in [-0.4, -0.2) is 15.9 Å². The van der Waals surface area contributed by atoms with E-state index in [0.717, 1.165) is 22.2 Å². The average molecular weight is 331 g/mol. The van der Waals surface area contributed by atoms with E-state index in [-0.39, 0.29) is 5.91 Å². The lowest BCUT2D eigenvalue weighted by atomic mass is 10.2. The van der Waals surface area contributed by atoms with Crippen molar-refractivity contribution in [1.29, 1.82) is 0 Å². The summed E-state index contributed by atoms with van der Waals surface area (Å²) in [5.74, 6) is 1.22. The summed E-state index contributed by atoms with van der Waals surface area (Å²) in [5.41, 5.74) is 2.81. The van der Waals surface area contributed by atoms with Crippen LogP contribution in [0.1, 0.15) is 12.3 Å². The quantitative estimate of drug-likeness (QED) is 0.569. The number of amides is 1. The van der Waals surface area contributed by atoms with Crippen molar-refractivity contribution in [2.75, 3.05) is 5.32 Å². The van der Waals surface area contributed by atoms with Gasteiger partial charge in [0.05, 0.1) is 6.20 Å². The SMILES string of the molecule is O=C(CCc1ncc(-c2ccccc2)o1)Nc1ccc2[nH]ccc2c1. The summed E-state index contributed by atoms with van der Waals surface area (Å²) in [6, 6.07) is 17.5. The molecule has 2 N–H and O–H groups in total. The Hall–Kier alpha value is -3.34. The van der Waals surface area contributed by atoms with Gasteiger partial charge in [0.1, 0.15) is 0 Å². The summed E-state index contributed by atoms with van der Waals surface area (Å²) in [6.07, 6.45) is 4.36. The summed E-state index contributed by atoms with van der Waals surface area (Å²) in [5, 5.41) is 3.98. The summed E-state index contributed by atoms with van der Waals surface area (Å²) >= 11 is 0. The van der Waals surface area contributed by atoms with Crippen molar-refractivity contribution < 1.29 is 9.21 Å². The number of benzene rings is 2. The fraction of sp³-hybridized carbons (Fsp3) is 0.100. The van der Waals surface area contributed by atoms with Crippen LogP contribution in [0.4, 0.5) is 5.69 Å². The minimum Gasteiger partial charge on any atom is -0.441 e. The van der Waals surface area contributed by atoms with Crippen molar-refractivity contribution in [1.82, 2.24) is 9.97 Å². The van der Waals surface area contributed by atoms with Crippen LogP contribution < -0.4 is 5.32 Å². The highest BCUT2D eigenvalue weighted by Crippen LogP contribution is 2.21. The van der Waals surface area contributed by atoms with Gasteiger partial charge in [0, 0.05) is 41.2 Å². The number of fused-ring (bicyclic) bond motifs is 1. The zero-order valence-corrected chi connectivity index (χ0v) is 13.5. The molecule has 0 aliphatic heterocycles. The maximum absolute atomic E-state index is 12.1. The van der Waals surface area contributed by atoms with E-state index >= 15 is 0 Å². The molecule has 0 spiro atoms. The molecular formula is C20H17N3O2. The molecule has 25 heavy (non-hydrogen) atoms. The van der Waals surface area contributed by atoms with Crippen molar-refractivity contribution >= 4 is 22.5 Å². The Bertz CT molecular complexity index is 1000. The highest BCUT2D eigenvalue weighted by molar-refractivity contribution is 5.93. The largest absolute Gasteiger partial charge is 0.441 e. The first-order valence-electron chi connectivity index (χ1n) is 8.15. The van der Waals surface area contributed by atoms with Crippen LogP contribution in [0.2, 0.25) is 0 Å². The van der Waals surface area contributed by atoms with Gasteiger partial charge in [-0.1, -0.05) is 30.3 Å². The number of oxazole rings is 1. The Balaban J connectivity index is 1.36. The molecule has 5 nitrogen and oxygen atoms in total. The first-order valence-corrected chi connectivity index (χ1v) is 8.15. The van der Waals surface area contributed by atoms with E-state index in [9.17, 15) is 4.79 Å². The number of hydrogen-bond donors (Lipinski definition) is 2. The molecule has 0 atom stereocenters. The van der Waals surface area contributed by atoms with Gasteiger partial charge in [0.15, 0.2) is 11.7 Å². The van der Waals surface area contributed by atoms with Gasteiger partial charge in [-0.15, -0.1) is 0 Å². The average Bonchev–Trinajstić information content (AvgIpc) is 3.30. The van der Waals surface area contributed by atoms with Crippen molar-refractivity contribution in [2.24, 2.45) is 0 Å². The Labute approximate surface area is 144 Å². The van der Waals surface area contributed by atoms with Crippen LogP contribution in [0, 0.1) is 0 Å². The number of H-pyrrole nitrogens is 1. The molecule has 4 aromatic rings. The van der Waals surface area contributed by atoms with Crippen LogP contribution in [0.3, 0.4) is 0 Å². The molecule has 2 aromatic heterocycles. The van der Waals surface area contributed by atoms with Crippen molar-refractivity contribution in [3.8, 4) is 11.3 Å². The second-order valence-electron chi connectivity index (χ2n) is 5.81. The molecule has 1 amide bonds. The standard InChI is InChI=1S/C20H17N3O2/c24-19(23-16-6-7-17-15(12-16)10-11-21-17)8-9-20-22-13-18(25-20)14-4-2-1-3-5-14/h1-7,10-13,21H,8-9H2,(H,23,24). The molecule has 0 bridgehead atoms. The Morgan fingerprint density at radius 3 is 2.88 bits per heavy atom. The van der Waals surface area contributed by atoms with Crippen LogP contribution in [0.15, 0.2) is 71.4 Å². The number of carbonyl (C=O) groups is 1. The highest BCUT2D eigenvalue weighted by Gasteiger charge is 2.09. The van der Waals surface area contributed by atoms with Gasteiger partial charge in [0.25, 0.3) is 0 Å². The van der Waals surface area contributed by atoms with E-state index in [0.29, 0.717) is 24.5 Å². The van der Waals surface area contributed by atoms with Crippen LogP contribution in [0.25, 0.3) is 22.2 Å². The van der Waals surface area contributed by atoms with Crippen LogP contribution in [-0.2, 0) is 11.2 Å². The molecule has 2 aromatic carbocycles. The number of anilines is 1. The third-order valence-corrected chi connectivity index (χ3v) is 4.01. The maximum atomic E-state index is 12.1. The highest BCUT2D eigenvalue weighted by atomic mass is 16.4. The molecule has 0 aliphatic rings. The fourth-order valence-corrected chi connectivity index (χ4v) is 2.74. The Kier molecular flexibility index (Phi) is 4.04. The zero-order chi connectivity index (χ0) is 17.1. The van der Waals surface area contributed by atoms with E-state index in [1.807, 2.05) is 60.8 Å².